The summed E-state index contributed by atoms with van der Waals surface area (Å²) in [5.41, 5.74) is 6.84. The van der Waals surface area contributed by atoms with Crippen LogP contribution in [0.5, 0.6) is 0 Å². The van der Waals surface area contributed by atoms with Crippen molar-refractivity contribution in [2.24, 2.45) is 23.5 Å². The first kappa shape index (κ1) is 12.9. The highest BCUT2D eigenvalue weighted by atomic mass is 79.9. The fourth-order valence-corrected chi connectivity index (χ4v) is 4.07. The van der Waals surface area contributed by atoms with Crippen molar-refractivity contribution in [3.8, 4) is 0 Å². The molecule has 3 atom stereocenters. The van der Waals surface area contributed by atoms with Crippen LogP contribution in [0.25, 0.3) is 0 Å². The molecule has 0 aromatic heterocycles. The van der Waals surface area contributed by atoms with Gasteiger partial charge in [-0.15, -0.1) is 0 Å². The summed E-state index contributed by atoms with van der Waals surface area (Å²) in [5, 5.41) is 0.533. The van der Waals surface area contributed by atoms with Crippen LogP contribution in [-0.4, -0.2) is 0 Å². The quantitative estimate of drug-likeness (QED) is 0.782. The minimum absolute atomic E-state index is 0.205. The SMILES string of the molecule is NC(c1cc(Cl)c(Br)cc1F)C1C2CCCCC21. The van der Waals surface area contributed by atoms with E-state index in [-0.39, 0.29) is 11.9 Å². The van der Waals surface area contributed by atoms with E-state index < -0.39 is 0 Å². The van der Waals surface area contributed by atoms with Gasteiger partial charge in [0, 0.05) is 16.1 Å². The van der Waals surface area contributed by atoms with Crippen molar-refractivity contribution >= 4 is 27.5 Å². The molecule has 0 spiro atoms. The molecule has 0 aliphatic heterocycles. The zero-order valence-corrected chi connectivity index (χ0v) is 12.3. The van der Waals surface area contributed by atoms with E-state index in [9.17, 15) is 4.39 Å². The number of rotatable bonds is 2. The molecule has 2 fully saturated rings. The second-order valence-corrected chi connectivity index (χ2v) is 6.76. The first-order valence-corrected chi connectivity index (χ1v) is 7.66. The molecule has 4 heteroatoms. The minimum Gasteiger partial charge on any atom is -0.324 e. The summed E-state index contributed by atoms with van der Waals surface area (Å²) >= 11 is 9.27. The smallest absolute Gasteiger partial charge is 0.129 e. The Morgan fingerprint density at radius 2 is 1.89 bits per heavy atom. The van der Waals surface area contributed by atoms with Crippen molar-refractivity contribution in [3.63, 3.8) is 0 Å². The maximum Gasteiger partial charge on any atom is 0.129 e. The number of fused-ring (bicyclic) bond motifs is 1. The number of nitrogens with two attached hydrogens (primary N) is 1. The predicted octanol–water partition coefficient (Wildman–Crippen LogP) is 4.68. The molecule has 2 N–H and O–H groups in total. The molecule has 3 unspecified atom stereocenters. The zero-order chi connectivity index (χ0) is 12.9. The van der Waals surface area contributed by atoms with Crippen LogP contribution in [0.15, 0.2) is 16.6 Å². The Hall–Kier alpha value is -0.120. The van der Waals surface area contributed by atoms with Gasteiger partial charge in [-0.2, -0.15) is 0 Å². The molecule has 1 aromatic carbocycles. The molecule has 0 heterocycles. The van der Waals surface area contributed by atoms with Crippen molar-refractivity contribution in [1.29, 1.82) is 0 Å². The lowest BCUT2D eigenvalue weighted by Crippen LogP contribution is -2.16. The van der Waals surface area contributed by atoms with Gasteiger partial charge in [0.15, 0.2) is 0 Å². The molecule has 1 aromatic rings. The van der Waals surface area contributed by atoms with E-state index in [0.717, 1.165) is 11.8 Å². The van der Waals surface area contributed by atoms with Gasteiger partial charge < -0.3 is 5.73 Å². The monoisotopic (exact) mass is 331 g/mol. The highest BCUT2D eigenvalue weighted by Crippen LogP contribution is 2.60. The molecule has 0 saturated heterocycles. The molecular weight excluding hydrogens is 317 g/mol. The predicted molar refractivity (Wildman–Crippen MR) is 75.0 cm³/mol. The summed E-state index contributed by atoms with van der Waals surface area (Å²) in [7, 11) is 0. The second-order valence-electron chi connectivity index (χ2n) is 5.50. The van der Waals surface area contributed by atoms with Crippen LogP contribution in [0.1, 0.15) is 37.3 Å². The lowest BCUT2D eigenvalue weighted by molar-refractivity contribution is 0.480. The molecule has 3 rings (SSSR count). The first-order valence-electron chi connectivity index (χ1n) is 6.49. The Labute approximate surface area is 120 Å². The highest BCUT2D eigenvalue weighted by Gasteiger charge is 2.53. The van der Waals surface area contributed by atoms with Crippen LogP contribution in [0, 0.1) is 23.6 Å². The van der Waals surface area contributed by atoms with E-state index in [0.29, 0.717) is 21.0 Å². The van der Waals surface area contributed by atoms with Crippen molar-refractivity contribution < 1.29 is 4.39 Å². The van der Waals surface area contributed by atoms with E-state index in [1.54, 1.807) is 6.07 Å². The largest absolute Gasteiger partial charge is 0.324 e. The summed E-state index contributed by atoms with van der Waals surface area (Å²) in [6.07, 6.45) is 5.12. The van der Waals surface area contributed by atoms with Crippen molar-refractivity contribution in [1.82, 2.24) is 0 Å². The average Bonchev–Trinajstić information content (AvgIpc) is 3.07. The molecule has 2 aliphatic rings. The van der Waals surface area contributed by atoms with E-state index in [4.69, 9.17) is 17.3 Å². The summed E-state index contributed by atoms with van der Waals surface area (Å²) in [4.78, 5) is 0. The standard InChI is InChI=1S/C14H16BrClFN/c15-10-6-12(17)9(5-11(10)16)14(18)13-7-3-1-2-4-8(7)13/h5-8,13-14H,1-4,18H2. The van der Waals surface area contributed by atoms with Gasteiger partial charge in [-0.1, -0.05) is 24.4 Å². The summed E-state index contributed by atoms with van der Waals surface area (Å²) in [5.74, 6) is 1.65. The van der Waals surface area contributed by atoms with Crippen molar-refractivity contribution in [2.75, 3.05) is 0 Å². The van der Waals surface area contributed by atoms with E-state index >= 15 is 0 Å². The van der Waals surface area contributed by atoms with Gasteiger partial charge in [-0.25, -0.2) is 4.39 Å². The molecule has 98 valence electrons. The number of hydrogen-bond acceptors (Lipinski definition) is 1. The van der Waals surface area contributed by atoms with Crippen LogP contribution >= 0.6 is 27.5 Å². The Morgan fingerprint density at radius 1 is 1.28 bits per heavy atom. The summed E-state index contributed by atoms with van der Waals surface area (Å²) in [6.45, 7) is 0. The lowest BCUT2D eigenvalue weighted by Gasteiger charge is -2.14. The van der Waals surface area contributed by atoms with Crippen molar-refractivity contribution in [2.45, 2.75) is 31.7 Å². The van der Waals surface area contributed by atoms with Gasteiger partial charge in [0.1, 0.15) is 5.82 Å². The van der Waals surface area contributed by atoms with Gasteiger partial charge in [0.2, 0.25) is 0 Å². The van der Waals surface area contributed by atoms with Gasteiger partial charge in [-0.05, 0) is 58.7 Å². The fraction of sp³-hybridized carbons (Fsp3) is 0.571. The third kappa shape index (κ3) is 2.10. The maximum atomic E-state index is 14.0. The Bertz CT molecular complexity index is 467. The van der Waals surface area contributed by atoms with Gasteiger partial charge in [-0.3, -0.25) is 0 Å². The molecule has 18 heavy (non-hydrogen) atoms. The van der Waals surface area contributed by atoms with Crippen LogP contribution in [0.2, 0.25) is 5.02 Å². The van der Waals surface area contributed by atoms with Crippen LogP contribution < -0.4 is 5.73 Å². The molecule has 0 amide bonds. The van der Waals surface area contributed by atoms with Crippen LogP contribution in [-0.2, 0) is 0 Å². The lowest BCUT2D eigenvalue weighted by atomic mass is 10.0. The molecule has 2 aliphatic carbocycles. The maximum absolute atomic E-state index is 14.0. The normalized spacial score (nSPS) is 31.9. The van der Waals surface area contributed by atoms with Gasteiger partial charge >= 0.3 is 0 Å². The third-order valence-electron chi connectivity index (χ3n) is 4.54. The Kier molecular flexibility index (Phi) is 3.41. The average molecular weight is 333 g/mol. The summed E-state index contributed by atoms with van der Waals surface area (Å²) in [6, 6.07) is 2.89. The number of halogens is 3. The van der Waals surface area contributed by atoms with Crippen LogP contribution in [0.4, 0.5) is 4.39 Å². The Balaban J connectivity index is 1.85. The van der Waals surface area contributed by atoms with E-state index in [2.05, 4.69) is 15.9 Å². The highest BCUT2D eigenvalue weighted by molar-refractivity contribution is 9.10. The number of benzene rings is 1. The van der Waals surface area contributed by atoms with Gasteiger partial charge in [0.05, 0.1) is 5.02 Å². The molecule has 0 bridgehead atoms. The molecule has 1 nitrogen and oxygen atoms in total. The van der Waals surface area contributed by atoms with E-state index in [1.165, 1.54) is 31.7 Å². The fourth-order valence-electron chi connectivity index (χ4n) is 3.58. The van der Waals surface area contributed by atoms with Gasteiger partial charge in [0.25, 0.3) is 0 Å². The second kappa shape index (κ2) is 4.77. The minimum atomic E-state index is -0.248. The molecular formula is C14H16BrClFN. The summed E-state index contributed by atoms with van der Waals surface area (Å²) < 4.78 is 14.6. The Morgan fingerprint density at radius 3 is 2.50 bits per heavy atom. The van der Waals surface area contributed by atoms with E-state index in [1.807, 2.05) is 0 Å². The van der Waals surface area contributed by atoms with Crippen LogP contribution in [0.3, 0.4) is 0 Å². The number of hydrogen-bond donors (Lipinski definition) is 1. The molecule has 2 saturated carbocycles. The zero-order valence-electron chi connectivity index (χ0n) is 10.0. The first-order chi connectivity index (χ1) is 8.59. The van der Waals surface area contributed by atoms with Crippen molar-refractivity contribution in [3.05, 3.63) is 33.0 Å². The topological polar surface area (TPSA) is 26.0 Å². The third-order valence-corrected chi connectivity index (χ3v) is 5.73. The molecule has 0 radical (unpaired) electrons.